The molecule has 21 heavy (non-hydrogen) atoms. The first-order valence-electron chi connectivity index (χ1n) is 6.09. The van der Waals surface area contributed by atoms with E-state index in [9.17, 15) is 9.18 Å². The Morgan fingerprint density at radius 1 is 1.19 bits per heavy atom. The first kappa shape index (κ1) is 13.6. The van der Waals surface area contributed by atoms with Gasteiger partial charge in [0.05, 0.1) is 15.7 Å². The van der Waals surface area contributed by atoms with Crippen molar-refractivity contribution in [2.75, 3.05) is 0 Å². The topological polar surface area (TPSA) is 47.8 Å². The highest BCUT2D eigenvalue weighted by atomic mass is 79.9. The fraction of sp³-hybridized carbons (Fsp3) is 0. The van der Waals surface area contributed by atoms with E-state index in [1.165, 1.54) is 6.07 Å². The molecule has 0 bridgehead atoms. The van der Waals surface area contributed by atoms with Crippen LogP contribution in [0.15, 0.2) is 53.4 Å². The summed E-state index contributed by atoms with van der Waals surface area (Å²) in [5.41, 5.74) is 2.39. The van der Waals surface area contributed by atoms with Gasteiger partial charge in [-0.05, 0) is 46.3 Å². The number of aldehydes is 1. The minimum absolute atomic E-state index is 0.329. The zero-order valence-electron chi connectivity index (χ0n) is 10.7. The Hall–Kier alpha value is -2.34. The molecule has 2 heterocycles. The van der Waals surface area contributed by atoms with Gasteiger partial charge in [0, 0.05) is 24.2 Å². The van der Waals surface area contributed by atoms with Crippen LogP contribution in [0.2, 0.25) is 0 Å². The van der Waals surface area contributed by atoms with Crippen molar-refractivity contribution in [3.63, 3.8) is 0 Å². The summed E-state index contributed by atoms with van der Waals surface area (Å²) in [5, 5.41) is 4.41. The van der Waals surface area contributed by atoms with Gasteiger partial charge in [0.15, 0.2) is 6.29 Å². The van der Waals surface area contributed by atoms with E-state index < -0.39 is 0 Å². The number of benzene rings is 1. The molecule has 0 amide bonds. The van der Waals surface area contributed by atoms with Crippen LogP contribution >= 0.6 is 15.9 Å². The van der Waals surface area contributed by atoms with Crippen molar-refractivity contribution in [1.82, 2.24) is 14.8 Å². The van der Waals surface area contributed by atoms with Gasteiger partial charge in [-0.25, -0.2) is 9.07 Å². The van der Waals surface area contributed by atoms with E-state index in [2.05, 4.69) is 26.0 Å². The lowest BCUT2D eigenvalue weighted by atomic mass is 10.1. The Kier molecular flexibility index (Phi) is 3.62. The van der Waals surface area contributed by atoms with E-state index >= 15 is 0 Å². The molecule has 104 valence electrons. The zero-order chi connectivity index (χ0) is 14.8. The normalized spacial score (nSPS) is 10.6. The van der Waals surface area contributed by atoms with Gasteiger partial charge in [-0.3, -0.25) is 9.78 Å². The van der Waals surface area contributed by atoms with Crippen molar-refractivity contribution in [2.45, 2.75) is 0 Å². The number of pyridine rings is 1. The maximum atomic E-state index is 13.3. The second kappa shape index (κ2) is 5.57. The van der Waals surface area contributed by atoms with Crippen molar-refractivity contribution in [3.05, 3.63) is 64.8 Å². The van der Waals surface area contributed by atoms with Crippen LogP contribution < -0.4 is 0 Å². The van der Waals surface area contributed by atoms with Gasteiger partial charge in [-0.1, -0.05) is 0 Å². The molecule has 3 aromatic rings. The van der Waals surface area contributed by atoms with E-state index in [4.69, 9.17) is 0 Å². The Morgan fingerprint density at radius 3 is 2.62 bits per heavy atom. The molecule has 2 aromatic heterocycles. The molecule has 4 nitrogen and oxygen atoms in total. The van der Waals surface area contributed by atoms with Crippen LogP contribution in [0.3, 0.4) is 0 Å². The number of hydrogen-bond donors (Lipinski definition) is 0. The minimum Gasteiger partial charge on any atom is -0.298 e. The van der Waals surface area contributed by atoms with Gasteiger partial charge >= 0.3 is 0 Å². The Morgan fingerprint density at radius 2 is 1.95 bits per heavy atom. The van der Waals surface area contributed by atoms with Gasteiger partial charge < -0.3 is 0 Å². The predicted octanol–water partition coefficient (Wildman–Crippen LogP) is 3.65. The number of rotatable bonds is 3. The van der Waals surface area contributed by atoms with Gasteiger partial charge in [0.2, 0.25) is 0 Å². The maximum Gasteiger partial charge on any atom is 0.153 e. The number of carbonyl (C=O) groups is 1. The molecular formula is C15H9BrFN3O. The third-order valence-corrected chi connectivity index (χ3v) is 3.60. The van der Waals surface area contributed by atoms with Crippen molar-refractivity contribution >= 4 is 22.2 Å². The van der Waals surface area contributed by atoms with Crippen LogP contribution in [0.1, 0.15) is 10.4 Å². The summed E-state index contributed by atoms with van der Waals surface area (Å²) in [6.07, 6.45) is 5.66. The Bertz CT molecular complexity index is 802. The van der Waals surface area contributed by atoms with E-state index in [0.29, 0.717) is 21.3 Å². The molecule has 0 N–H and O–H groups in total. The molecule has 0 spiro atoms. The molecule has 0 unspecified atom stereocenters. The SMILES string of the molecule is O=Cc1cn(-c2ccncc2)nc1-c1ccc(F)c(Br)c1. The van der Waals surface area contributed by atoms with E-state index in [0.717, 1.165) is 12.0 Å². The summed E-state index contributed by atoms with van der Waals surface area (Å²) < 4.78 is 15.2. The average molecular weight is 346 g/mol. The summed E-state index contributed by atoms with van der Waals surface area (Å²) in [7, 11) is 0. The number of carbonyl (C=O) groups excluding carboxylic acids is 1. The third kappa shape index (κ3) is 2.62. The molecule has 0 saturated carbocycles. The van der Waals surface area contributed by atoms with Gasteiger partial charge in [-0.2, -0.15) is 5.10 Å². The largest absolute Gasteiger partial charge is 0.298 e. The smallest absolute Gasteiger partial charge is 0.153 e. The van der Waals surface area contributed by atoms with Crippen LogP contribution in [0.25, 0.3) is 16.9 Å². The molecule has 0 atom stereocenters. The van der Waals surface area contributed by atoms with Crippen molar-refractivity contribution in [1.29, 1.82) is 0 Å². The van der Waals surface area contributed by atoms with Crippen LogP contribution in [0, 0.1) is 5.82 Å². The van der Waals surface area contributed by atoms with Crippen LogP contribution in [0.4, 0.5) is 4.39 Å². The molecule has 3 rings (SSSR count). The standard InChI is InChI=1S/C15H9BrFN3O/c16-13-7-10(1-2-14(13)17)15-11(9-21)8-20(19-15)12-3-5-18-6-4-12/h1-9H. The Labute approximate surface area is 128 Å². The fourth-order valence-electron chi connectivity index (χ4n) is 1.97. The maximum absolute atomic E-state index is 13.3. The molecule has 0 aliphatic carbocycles. The van der Waals surface area contributed by atoms with E-state index in [1.807, 2.05) is 0 Å². The lowest BCUT2D eigenvalue weighted by Crippen LogP contribution is -1.94. The van der Waals surface area contributed by atoms with Gasteiger partial charge in [-0.15, -0.1) is 0 Å². The summed E-state index contributed by atoms with van der Waals surface area (Å²) >= 11 is 3.14. The summed E-state index contributed by atoms with van der Waals surface area (Å²) in [4.78, 5) is 15.2. The highest BCUT2D eigenvalue weighted by Crippen LogP contribution is 2.26. The monoisotopic (exact) mass is 345 g/mol. The minimum atomic E-state index is -0.361. The van der Waals surface area contributed by atoms with Crippen molar-refractivity contribution < 1.29 is 9.18 Å². The lowest BCUT2D eigenvalue weighted by Gasteiger charge is -2.01. The number of nitrogens with zero attached hydrogens (tertiary/aromatic N) is 3. The molecule has 1 aromatic carbocycles. The quantitative estimate of drug-likeness (QED) is 0.680. The second-order valence-electron chi connectivity index (χ2n) is 4.33. The summed E-state index contributed by atoms with van der Waals surface area (Å²) in [5.74, 6) is -0.361. The van der Waals surface area contributed by atoms with Gasteiger partial charge in [0.1, 0.15) is 11.5 Å². The zero-order valence-corrected chi connectivity index (χ0v) is 12.3. The average Bonchev–Trinajstić information content (AvgIpc) is 2.95. The number of aromatic nitrogens is 3. The molecule has 6 heteroatoms. The van der Waals surface area contributed by atoms with Crippen molar-refractivity contribution in [3.8, 4) is 16.9 Å². The van der Waals surface area contributed by atoms with Crippen LogP contribution in [0.5, 0.6) is 0 Å². The number of halogens is 2. The molecule has 0 aliphatic heterocycles. The molecule has 0 aliphatic rings. The van der Waals surface area contributed by atoms with Gasteiger partial charge in [0.25, 0.3) is 0 Å². The lowest BCUT2D eigenvalue weighted by molar-refractivity contribution is 0.112. The highest BCUT2D eigenvalue weighted by Gasteiger charge is 2.13. The fourth-order valence-corrected chi connectivity index (χ4v) is 2.35. The first-order chi connectivity index (χ1) is 10.2. The number of hydrogen-bond acceptors (Lipinski definition) is 3. The molecule has 0 fully saturated rings. The molecule has 0 radical (unpaired) electrons. The molecular weight excluding hydrogens is 337 g/mol. The third-order valence-electron chi connectivity index (χ3n) is 2.99. The summed E-state index contributed by atoms with van der Waals surface area (Å²) in [6.45, 7) is 0. The van der Waals surface area contributed by atoms with Crippen LogP contribution in [-0.4, -0.2) is 21.1 Å². The Balaban J connectivity index is 2.12. The second-order valence-corrected chi connectivity index (χ2v) is 5.18. The molecule has 0 saturated heterocycles. The predicted molar refractivity (Wildman–Crippen MR) is 79.8 cm³/mol. The summed E-state index contributed by atoms with van der Waals surface area (Å²) in [6, 6.07) is 8.09. The van der Waals surface area contributed by atoms with Crippen LogP contribution in [-0.2, 0) is 0 Å². The van der Waals surface area contributed by atoms with E-state index in [-0.39, 0.29) is 5.82 Å². The van der Waals surface area contributed by atoms with Crippen molar-refractivity contribution in [2.24, 2.45) is 0 Å². The van der Waals surface area contributed by atoms with E-state index in [1.54, 1.807) is 47.5 Å². The first-order valence-corrected chi connectivity index (χ1v) is 6.89. The highest BCUT2D eigenvalue weighted by molar-refractivity contribution is 9.10.